The van der Waals surface area contributed by atoms with Crippen LogP contribution in [-0.4, -0.2) is 7.11 Å². The Bertz CT molecular complexity index is 314. The van der Waals surface area contributed by atoms with E-state index in [0.29, 0.717) is 0 Å². The molecule has 0 aromatic heterocycles. The molecule has 2 nitrogen and oxygen atoms in total. The first-order valence-electron chi connectivity index (χ1n) is 5.28. The molecule has 0 amide bonds. The van der Waals surface area contributed by atoms with E-state index in [4.69, 9.17) is 10.5 Å². The number of halogens is 1. The molecule has 0 heterocycles. The molecule has 0 aliphatic carbocycles. The van der Waals surface area contributed by atoms with Gasteiger partial charge in [-0.15, -0.1) is 0 Å². The summed E-state index contributed by atoms with van der Waals surface area (Å²) in [5, 5.41) is 0. The number of benzene rings is 1. The van der Waals surface area contributed by atoms with Gasteiger partial charge in [-0.2, -0.15) is 0 Å². The van der Waals surface area contributed by atoms with Crippen LogP contribution in [0.25, 0.3) is 0 Å². The van der Waals surface area contributed by atoms with Gasteiger partial charge in [0.25, 0.3) is 0 Å². The smallest absolute Gasteiger partial charge is 0.124 e. The van der Waals surface area contributed by atoms with E-state index in [1.165, 1.54) is 6.42 Å². The Labute approximate surface area is 99.9 Å². The Morgan fingerprint density at radius 3 is 2.80 bits per heavy atom. The van der Waals surface area contributed by atoms with Crippen molar-refractivity contribution in [3.05, 3.63) is 28.2 Å². The number of rotatable bonds is 5. The summed E-state index contributed by atoms with van der Waals surface area (Å²) in [6, 6.07) is 6.07. The summed E-state index contributed by atoms with van der Waals surface area (Å²) in [6.45, 7) is 2.17. The third kappa shape index (κ3) is 3.50. The standard InChI is InChI=1S/C12H18BrNO/c1-3-4-5-11(14)10-7-6-9(13)8-12(10)15-2/h6-8,11H,3-5,14H2,1-2H3/t11-/m1/s1. The van der Waals surface area contributed by atoms with Crippen LogP contribution < -0.4 is 10.5 Å². The van der Waals surface area contributed by atoms with Crippen LogP contribution in [-0.2, 0) is 0 Å². The van der Waals surface area contributed by atoms with Gasteiger partial charge in [-0.25, -0.2) is 0 Å². The molecule has 0 bridgehead atoms. The summed E-state index contributed by atoms with van der Waals surface area (Å²) >= 11 is 3.42. The zero-order chi connectivity index (χ0) is 11.3. The van der Waals surface area contributed by atoms with Gasteiger partial charge in [0, 0.05) is 16.1 Å². The molecule has 15 heavy (non-hydrogen) atoms. The maximum atomic E-state index is 6.11. The van der Waals surface area contributed by atoms with Gasteiger partial charge in [0.15, 0.2) is 0 Å². The molecular formula is C12H18BrNO. The Balaban J connectivity index is 2.82. The third-order valence-electron chi connectivity index (χ3n) is 2.46. The van der Waals surface area contributed by atoms with E-state index in [-0.39, 0.29) is 6.04 Å². The summed E-state index contributed by atoms with van der Waals surface area (Å²) in [7, 11) is 1.68. The van der Waals surface area contributed by atoms with E-state index in [0.717, 1.165) is 28.6 Å². The predicted molar refractivity (Wildman–Crippen MR) is 67.1 cm³/mol. The van der Waals surface area contributed by atoms with Crippen molar-refractivity contribution in [3.63, 3.8) is 0 Å². The molecule has 0 saturated heterocycles. The second-order valence-electron chi connectivity index (χ2n) is 3.63. The molecular weight excluding hydrogens is 254 g/mol. The Morgan fingerprint density at radius 2 is 2.20 bits per heavy atom. The van der Waals surface area contributed by atoms with Gasteiger partial charge in [-0.1, -0.05) is 41.8 Å². The number of hydrogen-bond acceptors (Lipinski definition) is 2. The number of methoxy groups -OCH3 is 1. The molecule has 0 fully saturated rings. The van der Waals surface area contributed by atoms with Crippen LogP contribution in [0.5, 0.6) is 5.75 Å². The highest BCUT2D eigenvalue weighted by atomic mass is 79.9. The van der Waals surface area contributed by atoms with Crippen LogP contribution in [0.4, 0.5) is 0 Å². The van der Waals surface area contributed by atoms with E-state index < -0.39 is 0 Å². The molecule has 3 heteroatoms. The second kappa shape index (κ2) is 6.13. The first-order valence-corrected chi connectivity index (χ1v) is 6.07. The largest absolute Gasteiger partial charge is 0.496 e. The molecule has 1 atom stereocenters. The van der Waals surface area contributed by atoms with Crippen molar-refractivity contribution < 1.29 is 4.74 Å². The minimum atomic E-state index is 0.0769. The van der Waals surface area contributed by atoms with Crippen LogP contribution in [0.1, 0.15) is 37.8 Å². The van der Waals surface area contributed by atoms with Crippen molar-refractivity contribution in [1.82, 2.24) is 0 Å². The maximum absolute atomic E-state index is 6.11. The van der Waals surface area contributed by atoms with Gasteiger partial charge in [0.1, 0.15) is 5.75 Å². The lowest BCUT2D eigenvalue weighted by Gasteiger charge is -2.15. The number of hydrogen-bond donors (Lipinski definition) is 1. The molecule has 84 valence electrons. The SMILES string of the molecule is CCCC[C@@H](N)c1ccc(Br)cc1OC. The molecule has 0 saturated carbocycles. The molecule has 2 N–H and O–H groups in total. The zero-order valence-electron chi connectivity index (χ0n) is 9.29. The average Bonchev–Trinajstić information content (AvgIpc) is 2.25. The van der Waals surface area contributed by atoms with Gasteiger partial charge in [0.2, 0.25) is 0 Å². The minimum Gasteiger partial charge on any atom is -0.496 e. The quantitative estimate of drug-likeness (QED) is 0.888. The fourth-order valence-corrected chi connectivity index (χ4v) is 1.91. The topological polar surface area (TPSA) is 35.2 Å². The summed E-state index contributed by atoms with van der Waals surface area (Å²) in [6.07, 6.45) is 3.33. The van der Waals surface area contributed by atoms with Crippen LogP contribution in [0.15, 0.2) is 22.7 Å². The zero-order valence-corrected chi connectivity index (χ0v) is 10.9. The van der Waals surface area contributed by atoms with Crippen LogP contribution in [0.3, 0.4) is 0 Å². The van der Waals surface area contributed by atoms with Crippen molar-refractivity contribution in [2.24, 2.45) is 5.73 Å². The van der Waals surface area contributed by atoms with Crippen molar-refractivity contribution >= 4 is 15.9 Å². The van der Waals surface area contributed by atoms with Crippen LogP contribution >= 0.6 is 15.9 Å². The third-order valence-corrected chi connectivity index (χ3v) is 2.96. The lowest BCUT2D eigenvalue weighted by molar-refractivity contribution is 0.403. The van der Waals surface area contributed by atoms with Gasteiger partial charge >= 0.3 is 0 Å². The second-order valence-corrected chi connectivity index (χ2v) is 4.55. The monoisotopic (exact) mass is 271 g/mol. The highest BCUT2D eigenvalue weighted by Gasteiger charge is 2.11. The number of unbranched alkanes of at least 4 members (excludes halogenated alkanes) is 1. The fraction of sp³-hybridized carbons (Fsp3) is 0.500. The predicted octanol–water partition coefficient (Wildman–Crippen LogP) is 3.65. The number of nitrogens with two attached hydrogens (primary N) is 1. The molecule has 1 aromatic rings. The van der Waals surface area contributed by atoms with E-state index >= 15 is 0 Å². The number of ether oxygens (including phenoxy) is 1. The molecule has 0 unspecified atom stereocenters. The van der Waals surface area contributed by atoms with Crippen molar-refractivity contribution in [2.75, 3.05) is 7.11 Å². The fourth-order valence-electron chi connectivity index (χ4n) is 1.57. The van der Waals surface area contributed by atoms with E-state index in [2.05, 4.69) is 22.9 Å². The summed E-state index contributed by atoms with van der Waals surface area (Å²) in [4.78, 5) is 0. The van der Waals surface area contributed by atoms with Gasteiger partial charge in [-0.3, -0.25) is 0 Å². The van der Waals surface area contributed by atoms with Crippen molar-refractivity contribution in [1.29, 1.82) is 0 Å². The minimum absolute atomic E-state index is 0.0769. The van der Waals surface area contributed by atoms with Crippen molar-refractivity contribution in [3.8, 4) is 5.75 Å². The normalized spacial score (nSPS) is 12.5. The molecule has 0 aliphatic rings. The maximum Gasteiger partial charge on any atom is 0.124 e. The first-order chi connectivity index (χ1) is 7.19. The van der Waals surface area contributed by atoms with Gasteiger partial charge < -0.3 is 10.5 Å². The molecule has 0 spiro atoms. The summed E-state index contributed by atoms with van der Waals surface area (Å²) in [5.74, 6) is 0.868. The first kappa shape index (κ1) is 12.5. The van der Waals surface area contributed by atoms with E-state index in [1.807, 2.05) is 18.2 Å². The Hall–Kier alpha value is -0.540. The lowest BCUT2D eigenvalue weighted by atomic mass is 10.0. The molecule has 0 radical (unpaired) electrons. The lowest BCUT2D eigenvalue weighted by Crippen LogP contribution is -2.11. The highest BCUT2D eigenvalue weighted by molar-refractivity contribution is 9.10. The summed E-state index contributed by atoms with van der Waals surface area (Å²) < 4.78 is 6.34. The van der Waals surface area contributed by atoms with Crippen LogP contribution in [0.2, 0.25) is 0 Å². The Kier molecular flexibility index (Phi) is 5.12. The Morgan fingerprint density at radius 1 is 1.47 bits per heavy atom. The summed E-state index contributed by atoms with van der Waals surface area (Å²) in [5.41, 5.74) is 7.20. The van der Waals surface area contributed by atoms with Gasteiger partial charge in [-0.05, 0) is 18.6 Å². The molecule has 0 aliphatic heterocycles. The van der Waals surface area contributed by atoms with E-state index in [9.17, 15) is 0 Å². The molecule has 1 aromatic carbocycles. The van der Waals surface area contributed by atoms with E-state index in [1.54, 1.807) is 7.11 Å². The van der Waals surface area contributed by atoms with Crippen molar-refractivity contribution in [2.45, 2.75) is 32.2 Å². The average molecular weight is 272 g/mol. The molecule has 1 rings (SSSR count). The van der Waals surface area contributed by atoms with Gasteiger partial charge in [0.05, 0.1) is 7.11 Å². The highest BCUT2D eigenvalue weighted by Crippen LogP contribution is 2.29. The van der Waals surface area contributed by atoms with Crippen LogP contribution in [0, 0.1) is 0 Å².